The average molecular weight is 212 g/mol. The van der Waals surface area contributed by atoms with Crippen LogP contribution in [0.2, 0.25) is 0 Å². The molecule has 3 nitrogen and oxygen atoms in total. The summed E-state index contributed by atoms with van der Waals surface area (Å²) in [4.78, 5) is 10.4. The quantitative estimate of drug-likeness (QED) is 0.763. The number of carbonyl (C=O) groups is 1. The highest BCUT2D eigenvalue weighted by molar-refractivity contribution is 7.21. The van der Waals surface area contributed by atoms with E-state index in [-0.39, 0.29) is 10.3 Å². The maximum absolute atomic E-state index is 13.2. The number of thiophene rings is 1. The molecule has 0 bridgehead atoms. The molecule has 0 radical (unpaired) electrons. The summed E-state index contributed by atoms with van der Waals surface area (Å²) in [5, 5.41) is 18.1. The number of fused-ring (bicyclic) bond motifs is 1. The first-order valence-corrected chi connectivity index (χ1v) is 4.56. The maximum atomic E-state index is 13.2. The van der Waals surface area contributed by atoms with Gasteiger partial charge in [0.15, 0.2) is 10.6 Å². The highest BCUT2D eigenvalue weighted by Crippen LogP contribution is 2.38. The van der Waals surface area contributed by atoms with Crippen molar-refractivity contribution >= 4 is 27.4 Å². The molecule has 0 fully saturated rings. The zero-order valence-electron chi connectivity index (χ0n) is 6.82. The van der Waals surface area contributed by atoms with E-state index in [2.05, 4.69) is 0 Å². The molecule has 0 unspecified atom stereocenters. The summed E-state index contributed by atoms with van der Waals surface area (Å²) in [7, 11) is 0. The molecule has 0 aliphatic heterocycles. The van der Waals surface area contributed by atoms with Gasteiger partial charge in [-0.15, -0.1) is 11.3 Å². The molecule has 14 heavy (non-hydrogen) atoms. The smallest absolute Gasteiger partial charge is 0.349 e. The summed E-state index contributed by atoms with van der Waals surface area (Å²) in [6, 6.07) is 4.22. The second-order valence-electron chi connectivity index (χ2n) is 2.70. The van der Waals surface area contributed by atoms with Gasteiger partial charge in [-0.3, -0.25) is 0 Å². The Hall–Kier alpha value is -1.62. The van der Waals surface area contributed by atoms with E-state index in [1.807, 2.05) is 0 Å². The topological polar surface area (TPSA) is 57.5 Å². The molecule has 0 saturated heterocycles. The van der Waals surface area contributed by atoms with Crippen molar-refractivity contribution in [3.8, 4) is 5.75 Å². The monoisotopic (exact) mass is 212 g/mol. The molecule has 0 aliphatic carbocycles. The number of aromatic carboxylic acids is 1. The lowest BCUT2D eigenvalue weighted by atomic mass is 10.2. The average Bonchev–Trinajstić information content (AvgIpc) is 2.45. The standard InChI is InChI=1S/C9H5FO3S/c10-4-2-1-3-5-6(4)7(11)8(14-5)9(12)13/h1-3,11H,(H,12,13). The number of hydrogen-bond acceptors (Lipinski definition) is 3. The number of halogens is 1. The second-order valence-corrected chi connectivity index (χ2v) is 3.75. The summed E-state index contributed by atoms with van der Waals surface area (Å²) in [6.07, 6.45) is 0. The van der Waals surface area contributed by atoms with Gasteiger partial charge in [0.2, 0.25) is 0 Å². The van der Waals surface area contributed by atoms with E-state index in [0.29, 0.717) is 4.70 Å². The molecule has 1 heterocycles. The maximum Gasteiger partial charge on any atom is 0.349 e. The SMILES string of the molecule is O=C(O)c1sc2cccc(F)c2c1O. The number of aromatic hydroxyl groups is 1. The predicted octanol–water partition coefficient (Wildman–Crippen LogP) is 2.44. The fraction of sp³-hybridized carbons (Fsp3) is 0. The highest BCUT2D eigenvalue weighted by atomic mass is 32.1. The Balaban J connectivity index is 2.87. The fourth-order valence-corrected chi connectivity index (χ4v) is 2.18. The number of carboxylic acids is 1. The third-order valence-corrected chi connectivity index (χ3v) is 2.97. The normalized spacial score (nSPS) is 10.6. The molecule has 2 rings (SSSR count). The molecule has 2 N–H and O–H groups in total. The molecule has 2 aromatic rings. The third kappa shape index (κ3) is 1.13. The van der Waals surface area contributed by atoms with E-state index >= 15 is 0 Å². The third-order valence-electron chi connectivity index (χ3n) is 1.83. The molecule has 0 aliphatic rings. The Morgan fingerprint density at radius 1 is 1.43 bits per heavy atom. The van der Waals surface area contributed by atoms with Crippen molar-refractivity contribution in [2.45, 2.75) is 0 Å². The van der Waals surface area contributed by atoms with Crippen LogP contribution in [-0.4, -0.2) is 16.2 Å². The highest BCUT2D eigenvalue weighted by Gasteiger charge is 2.19. The van der Waals surface area contributed by atoms with Crippen LogP contribution in [0.15, 0.2) is 18.2 Å². The molecule has 1 aromatic heterocycles. The van der Waals surface area contributed by atoms with E-state index in [4.69, 9.17) is 5.11 Å². The minimum absolute atomic E-state index is 0.0186. The first-order chi connectivity index (χ1) is 6.61. The van der Waals surface area contributed by atoms with Gasteiger partial charge in [-0.05, 0) is 12.1 Å². The van der Waals surface area contributed by atoms with Crippen molar-refractivity contribution in [3.05, 3.63) is 28.9 Å². The number of hydrogen-bond donors (Lipinski definition) is 2. The van der Waals surface area contributed by atoms with E-state index in [9.17, 15) is 14.3 Å². The van der Waals surface area contributed by atoms with Gasteiger partial charge in [0.25, 0.3) is 0 Å². The van der Waals surface area contributed by atoms with E-state index in [1.165, 1.54) is 12.1 Å². The zero-order chi connectivity index (χ0) is 10.3. The molecule has 0 amide bonds. The van der Waals surface area contributed by atoms with Gasteiger partial charge in [0.05, 0.1) is 5.39 Å². The first kappa shape index (κ1) is 8.96. The lowest BCUT2D eigenvalue weighted by molar-refractivity contribution is 0.0699. The van der Waals surface area contributed by atoms with Crippen molar-refractivity contribution in [2.24, 2.45) is 0 Å². The second kappa shape index (κ2) is 2.95. The van der Waals surface area contributed by atoms with E-state index < -0.39 is 17.5 Å². The molecule has 1 aromatic carbocycles. The van der Waals surface area contributed by atoms with Crippen molar-refractivity contribution in [3.63, 3.8) is 0 Å². The first-order valence-electron chi connectivity index (χ1n) is 3.74. The van der Waals surface area contributed by atoms with Crippen LogP contribution < -0.4 is 0 Å². The molecule has 5 heteroatoms. The van der Waals surface area contributed by atoms with Gasteiger partial charge in [-0.1, -0.05) is 6.07 Å². The van der Waals surface area contributed by atoms with Crippen molar-refractivity contribution in [1.29, 1.82) is 0 Å². The Labute approximate surface area is 82.0 Å². The van der Waals surface area contributed by atoms with E-state index in [0.717, 1.165) is 11.3 Å². The summed E-state index contributed by atoms with van der Waals surface area (Å²) in [5.74, 6) is -2.34. The Morgan fingerprint density at radius 3 is 2.71 bits per heavy atom. The van der Waals surface area contributed by atoms with Crippen LogP contribution in [0.3, 0.4) is 0 Å². The zero-order valence-corrected chi connectivity index (χ0v) is 7.64. The van der Waals surface area contributed by atoms with E-state index in [1.54, 1.807) is 6.07 Å². The molecule has 0 atom stereocenters. The van der Waals surface area contributed by atoms with Gasteiger partial charge < -0.3 is 10.2 Å². The van der Waals surface area contributed by atoms with Gasteiger partial charge in [-0.2, -0.15) is 0 Å². The Morgan fingerprint density at radius 2 is 2.14 bits per heavy atom. The molecule has 0 saturated carbocycles. The molecule has 0 spiro atoms. The molecule has 72 valence electrons. The predicted molar refractivity (Wildman–Crippen MR) is 50.4 cm³/mol. The lowest BCUT2D eigenvalue weighted by Gasteiger charge is -1.92. The number of rotatable bonds is 1. The van der Waals surface area contributed by atoms with Crippen LogP contribution in [0.25, 0.3) is 10.1 Å². The number of benzene rings is 1. The Kier molecular flexibility index (Phi) is 1.89. The minimum atomic E-state index is -1.25. The molecular weight excluding hydrogens is 207 g/mol. The van der Waals surface area contributed by atoms with Crippen molar-refractivity contribution in [2.75, 3.05) is 0 Å². The summed E-state index contributed by atoms with van der Waals surface area (Å²) < 4.78 is 13.6. The molecular formula is C9H5FO3S. The number of carboxylic acid groups (broad SMARTS) is 1. The largest absolute Gasteiger partial charge is 0.505 e. The fourth-order valence-electron chi connectivity index (χ4n) is 1.24. The van der Waals surface area contributed by atoms with Crippen LogP contribution in [-0.2, 0) is 0 Å². The minimum Gasteiger partial charge on any atom is -0.505 e. The van der Waals surface area contributed by atoms with Crippen molar-refractivity contribution < 1.29 is 19.4 Å². The summed E-state index contributed by atoms with van der Waals surface area (Å²) >= 11 is 0.857. The summed E-state index contributed by atoms with van der Waals surface area (Å²) in [6.45, 7) is 0. The van der Waals surface area contributed by atoms with Crippen LogP contribution in [0.5, 0.6) is 5.75 Å². The van der Waals surface area contributed by atoms with Gasteiger partial charge in [0.1, 0.15) is 5.82 Å². The van der Waals surface area contributed by atoms with Crippen molar-refractivity contribution in [1.82, 2.24) is 0 Å². The lowest BCUT2D eigenvalue weighted by Crippen LogP contribution is -1.91. The van der Waals surface area contributed by atoms with Gasteiger partial charge >= 0.3 is 5.97 Å². The van der Waals surface area contributed by atoms with Crippen LogP contribution in [0.4, 0.5) is 4.39 Å². The van der Waals surface area contributed by atoms with Crippen LogP contribution in [0.1, 0.15) is 9.67 Å². The Bertz CT molecular complexity index is 518. The van der Waals surface area contributed by atoms with Gasteiger partial charge in [-0.25, -0.2) is 9.18 Å². The van der Waals surface area contributed by atoms with Crippen LogP contribution >= 0.6 is 11.3 Å². The van der Waals surface area contributed by atoms with Crippen LogP contribution in [0, 0.1) is 5.82 Å². The van der Waals surface area contributed by atoms with Gasteiger partial charge in [0, 0.05) is 4.70 Å². The summed E-state index contributed by atoms with van der Waals surface area (Å²) in [5.41, 5.74) is 0.